The predicted octanol–water partition coefficient (Wildman–Crippen LogP) is 1.34. The molecule has 18 heavy (non-hydrogen) atoms. The average Bonchev–Trinajstić information content (AvgIpc) is 2.40. The first-order valence-electron chi connectivity index (χ1n) is 6.75. The normalized spacial score (nSPS) is 16.9. The van der Waals surface area contributed by atoms with Crippen LogP contribution in [0.2, 0.25) is 0 Å². The molecular formula is C13H23N5. The SMILES string of the molecule is CNCCNc1cc(N2CCC(C)CC2)ncn1. The van der Waals surface area contributed by atoms with E-state index >= 15 is 0 Å². The molecule has 1 aromatic heterocycles. The second kappa shape index (κ2) is 6.54. The number of nitrogens with zero attached hydrogens (tertiary/aromatic N) is 3. The van der Waals surface area contributed by atoms with Crippen molar-refractivity contribution in [3.8, 4) is 0 Å². The molecule has 0 atom stereocenters. The smallest absolute Gasteiger partial charge is 0.134 e. The Morgan fingerprint density at radius 1 is 1.28 bits per heavy atom. The number of nitrogens with one attached hydrogen (secondary N) is 2. The van der Waals surface area contributed by atoms with Gasteiger partial charge in [-0.1, -0.05) is 6.92 Å². The van der Waals surface area contributed by atoms with Crippen LogP contribution in [0.25, 0.3) is 0 Å². The summed E-state index contributed by atoms with van der Waals surface area (Å²) in [6.07, 6.45) is 4.16. The number of rotatable bonds is 5. The van der Waals surface area contributed by atoms with E-state index in [1.54, 1.807) is 6.33 Å². The van der Waals surface area contributed by atoms with Gasteiger partial charge in [0.1, 0.15) is 18.0 Å². The van der Waals surface area contributed by atoms with Gasteiger partial charge in [-0.3, -0.25) is 0 Å². The molecule has 2 rings (SSSR count). The van der Waals surface area contributed by atoms with E-state index in [1.165, 1.54) is 12.8 Å². The topological polar surface area (TPSA) is 53.1 Å². The Kier molecular flexibility index (Phi) is 4.75. The molecule has 5 nitrogen and oxygen atoms in total. The minimum Gasteiger partial charge on any atom is -0.369 e. The van der Waals surface area contributed by atoms with Gasteiger partial charge in [-0.05, 0) is 25.8 Å². The number of aromatic nitrogens is 2. The maximum Gasteiger partial charge on any atom is 0.134 e. The average molecular weight is 249 g/mol. The van der Waals surface area contributed by atoms with Crippen LogP contribution in [0.5, 0.6) is 0 Å². The van der Waals surface area contributed by atoms with Crippen LogP contribution < -0.4 is 15.5 Å². The summed E-state index contributed by atoms with van der Waals surface area (Å²) in [4.78, 5) is 11.0. The first kappa shape index (κ1) is 13.1. The summed E-state index contributed by atoms with van der Waals surface area (Å²) in [5.41, 5.74) is 0. The highest BCUT2D eigenvalue weighted by Crippen LogP contribution is 2.22. The fourth-order valence-corrected chi connectivity index (χ4v) is 2.17. The summed E-state index contributed by atoms with van der Waals surface area (Å²) in [6, 6.07) is 2.05. The van der Waals surface area contributed by atoms with E-state index in [1.807, 2.05) is 13.1 Å². The first-order valence-corrected chi connectivity index (χ1v) is 6.75. The van der Waals surface area contributed by atoms with Crippen LogP contribution in [0, 0.1) is 5.92 Å². The fraction of sp³-hybridized carbons (Fsp3) is 0.692. The molecule has 0 aromatic carbocycles. The maximum absolute atomic E-state index is 4.38. The van der Waals surface area contributed by atoms with Gasteiger partial charge in [-0.25, -0.2) is 9.97 Å². The predicted molar refractivity (Wildman–Crippen MR) is 75.1 cm³/mol. The van der Waals surface area contributed by atoms with Gasteiger partial charge in [-0.2, -0.15) is 0 Å². The van der Waals surface area contributed by atoms with Crippen molar-refractivity contribution in [2.45, 2.75) is 19.8 Å². The van der Waals surface area contributed by atoms with Crippen LogP contribution >= 0.6 is 0 Å². The van der Waals surface area contributed by atoms with Gasteiger partial charge in [0.2, 0.25) is 0 Å². The third-order valence-electron chi connectivity index (χ3n) is 3.44. The number of hydrogen-bond donors (Lipinski definition) is 2. The lowest BCUT2D eigenvalue weighted by Gasteiger charge is -2.31. The molecule has 2 heterocycles. The number of anilines is 2. The third kappa shape index (κ3) is 3.57. The van der Waals surface area contributed by atoms with Crippen molar-refractivity contribution in [2.24, 2.45) is 5.92 Å². The minimum atomic E-state index is 0.844. The van der Waals surface area contributed by atoms with Crippen molar-refractivity contribution in [1.82, 2.24) is 15.3 Å². The Morgan fingerprint density at radius 3 is 2.78 bits per heavy atom. The van der Waals surface area contributed by atoms with E-state index in [2.05, 4.69) is 32.4 Å². The van der Waals surface area contributed by atoms with E-state index in [9.17, 15) is 0 Å². The molecule has 1 saturated heterocycles. The molecule has 1 aliphatic rings. The van der Waals surface area contributed by atoms with Gasteiger partial charge in [0.25, 0.3) is 0 Å². The van der Waals surface area contributed by atoms with Crippen molar-refractivity contribution in [1.29, 1.82) is 0 Å². The Morgan fingerprint density at radius 2 is 2.06 bits per heavy atom. The highest BCUT2D eigenvalue weighted by atomic mass is 15.2. The summed E-state index contributed by atoms with van der Waals surface area (Å²) in [7, 11) is 1.95. The number of likely N-dealkylation sites (N-methyl/N-ethyl adjacent to an activating group) is 1. The summed E-state index contributed by atoms with van der Waals surface area (Å²) in [5.74, 6) is 2.80. The monoisotopic (exact) mass is 249 g/mol. The Bertz CT molecular complexity index is 360. The summed E-state index contributed by atoms with van der Waals surface area (Å²) in [6.45, 7) is 6.34. The zero-order chi connectivity index (χ0) is 12.8. The largest absolute Gasteiger partial charge is 0.369 e. The molecule has 2 N–H and O–H groups in total. The molecular weight excluding hydrogens is 226 g/mol. The molecule has 100 valence electrons. The van der Waals surface area contributed by atoms with Crippen LogP contribution in [-0.4, -0.2) is 43.2 Å². The van der Waals surface area contributed by atoms with Crippen LogP contribution in [0.1, 0.15) is 19.8 Å². The first-order chi connectivity index (χ1) is 8.79. The molecule has 1 aliphatic heterocycles. The molecule has 0 spiro atoms. The van der Waals surface area contributed by atoms with Crippen LogP contribution in [0.3, 0.4) is 0 Å². The lowest BCUT2D eigenvalue weighted by Crippen LogP contribution is -2.33. The molecule has 0 saturated carbocycles. The van der Waals surface area contributed by atoms with Crippen molar-refractivity contribution in [3.05, 3.63) is 12.4 Å². The van der Waals surface area contributed by atoms with Gasteiger partial charge in [0.05, 0.1) is 0 Å². The van der Waals surface area contributed by atoms with E-state index in [-0.39, 0.29) is 0 Å². The van der Waals surface area contributed by atoms with Gasteiger partial charge < -0.3 is 15.5 Å². The van der Waals surface area contributed by atoms with Crippen molar-refractivity contribution < 1.29 is 0 Å². The molecule has 1 aromatic rings. The lowest BCUT2D eigenvalue weighted by molar-refractivity contribution is 0.436. The summed E-state index contributed by atoms with van der Waals surface area (Å²) in [5, 5.41) is 6.40. The molecule has 0 amide bonds. The van der Waals surface area contributed by atoms with E-state index < -0.39 is 0 Å². The van der Waals surface area contributed by atoms with Crippen molar-refractivity contribution in [2.75, 3.05) is 43.4 Å². The van der Waals surface area contributed by atoms with Crippen LogP contribution in [0.15, 0.2) is 12.4 Å². The minimum absolute atomic E-state index is 0.844. The second-order valence-corrected chi connectivity index (χ2v) is 4.96. The molecule has 0 unspecified atom stereocenters. The van der Waals surface area contributed by atoms with Gasteiger partial charge >= 0.3 is 0 Å². The second-order valence-electron chi connectivity index (χ2n) is 4.96. The van der Waals surface area contributed by atoms with Crippen LogP contribution in [-0.2, 0) is 0 Å². The molecule has 5 heteroatoms. The quantitative estimate of drug-likeness (QED) is 0.771. The van der Waals surface area contributed by atoms with Crippen LogP contribution in [0.4, 0.5) is 11.6 Å². The maximum atomic E-state index is 4.38. The van der Waals surface area contributed by atoms with Gasteiger partial charge in [0, 0.05) is 32.2 Å². The third-order valence-corrected chi connectivity index (χ3v) is 3.44. The lowest BCUT2D eigenvalue weighted by atomic mass is 9.99. The Hall–Kier alpha value is -1.36. The van der Waals surface area contributed by atoms with E-state index in [0.717, 1.165) is 43.7 Å². The molecule has 1 fully saturated rings. The Labute approximate surface area is 109 Å². The zero-order valence-electron chi connectivity index (χ0n) is 11.3. The summed E-state index contributed by atoms with van der Waals surface area (Å²) < 4.78 is 0. The van der Waals surface area contributed by atoms with Gasteiger partial charge in [-0.15, -0.1) is 0 Å². The van der Waals surface area contributed by atoms with Crippen molar-refractivity contribution >= 4 is 11.6 Å². The highest BCUT2D eigenvalue weighted by Gasteiger charge is 2.17. The zero-order valence-corrected chi connectivity index (χ0v) is 11.3. The standard InChI is InChI=1S/C13H23N5/c1-11-3-7-18(8-4-11)13-9-12(16-10-17-13)15-6-5-14-2/h9-11,14H,3-8H2,1-2H3,(H,15,16,17). The van der Waals surface area contributed by atoms with Crippen molar-refractivity contribution in [3.63, 3.8) is 0 Å². The number of piperidine rings is 1. The summed E-state index contributed by atoms with van der Waals surface area (Å²) >= 11 is 0. The fourth-order valence-electron chi connectivity index (χ4n) is 2.17. The van der Waals surface area contributed by atoms with Gasteiger partial charge in [0.15, 0.2) is 0 Å². The molecule has 0 radical (unpaired) electrons. The molecule has 0 aliphatic carbocycles. The Balaban J connectivity index is 1.94. The van der Waals surface area contributed by atoms with E-state index in [4.69, 9.17) is 0 Å². The molecule has 0 bridgehead atoms. The highest BCUT2D eigenvalue weighted by molar-refractivity contribution is 5.48. The number of hydrogen-bond acceptors (Lipinski definition) is 5. The van der Waals surface area contributed by atoms with E-state index in [0.29, 0.717) is 0 Å².